The molecular formula is C19H27N3O3S. The number of benzene rings is 1. The maximum absolute atomic E-state index is 12.9. The summed E-state index contributed by atoms with van der Waals surface area (Å²) in [6.45, 7) is 10.7. The van der Waals surface area contributed by atoms with E-state index in [1.54, 1.807) is 27.7 Å². The quantitative estimate of drug-likeness (QED) is 0.867. The van der Waals surface area contributed by atoms with E-state index in [-0.39, 0.29) is 5.92 Å². The number of rotatable bonds is 4. The number of fused-ring (bicyclic) bond motifs is 1. The third-order valence-electron chi connectivity index (χ3n) is 3.89. The fourth-order valence-electron chi connectivity index (χ4n) is 2.37. The first-order valence-electron chi connectivity index (χ1n) is 8.68. The lowest BCUT2D eigenvalue weighted by molar-refractivity contribution is -0.134. The number of thiazole rings is 1. The summed E-state index contributed by atoms with van der Waals surface area (Å²) in [5.41, 5.74) is 6.16. The Morgan fingerprint density at radius 1 is 1.19 bits per heavy atom. The predicted molar refractivity (Wildman–Crippen MR) is 104 cm³/mol. The van der Waals surface area contributed by atoms with Crippen LogP contribution >= 0.6 is 11.3 Å². The highest BCUT2D eigenvalue weighted by Crippen LogP contribution is 2.31. The van der Waals surface area contributed by atoms with Gasteiger partial charge in [-0.2, -0.15) is 0 Å². The second-order valence-electron chi connectivity index (χ2n) is 7.65. The molecule has 2 aromatic rings. The molecule has 2 rings (SSSR count). The number of imide groups is 1. The van der Waals surface area contributed by atoms with Crippen molar-refractivity contribution in [2.45, 2.75) is 59.2 Å². The second-order valence-corrected chi connectivity index (χ2v) is 8.72. The van der Waals surface area contributed by atoms with Crippen LogP contribution in [0.15, 0.2) is 24.3 Å². The number of amides is 2. The van der Waals surface area contributed by atoms with Gasteiger partial charge in [-0.05, 0) is 45.7 Å². The van der Waals surface area contributed by atoms with Crippen LogP contribution in [-0.2, 0) is 9.53 Å². The molecule has 0 radical (unpaired) electrons. The van der Waals surface area contributed by atoms with Crippen LogP contribution in [-0.4, -0.2) is 33.5 Å². The van der Waals surface area contributed by atoms with E-state index in [0.29, 0.717) is 5.01 Å². The number of carbonyl (C=O) groups is 2. The van der Waals surface area contributed by atoms with Gasteiger partial charge in [-0.1, -0.05) is 26.0 Å². The lowest BCUT2D eigenvalue weighted by Crippen LogP contribution is -2.51. The molecule has 26 heavy (non-hydrogen) atoms. The first-order valence-corrected chi connectivity index (χ1v) is 9.50. The van der Waals surface area contributed by atoms with Crippen LogP contribution < -0.4 is 5.73 Å². The average Bonchev–Trinajstić information content (AvgIpc) is 2.96. The van der Waals surface area contributed by atoms with Crippen molar-refractivity contribution < 1.29 is 14.3 Å². The van der Waals surface area contributed by atoms with Gasteiger partial charge in [-0.3, -0.25) is 4.79 Å². The monoisotopic (exact) mass is 377 g/mol. The smallest absolute Gasteiger partial charge is 0.417 e. The lowest BCUT2D eigenvalue weighted by atomic mass is 10.0. The largest absolute Gasteiger partial charge is 0.443 e. The van der Waals surface area contributed by atoms with Gasteiger partial charge in [0.1, 0.15) is 10.6 Å². The van der Waals surface area contributed by atoms with Crippen LogP contribution in [0.5, 0.6) is 0 Å². The van der Waals surface area contributed by atoms with E-state index in [0.717, 1.165) is 15.1 Å². The summed E-state index contributed by atoms with van der Waals surface area (Å²) in [5.74, 6) is -0.559. The zero-order chi connectivity index (χ0) is 19.6. The van der Waals surface area contributed by atoms with E-state index in [2.05, 4.69) is 4.98 Å². The molecule has 0 aliphatic carbocycles. The number of nitrogens with two attached hydrogens (primary N) is 1. The normalized spacial score (nSPS) is 14.3. The number of ether oxygens (including phenoxy) is 1. The van der Waals surface area contributed by atoms with Crippen LogP contribution in [0.2, 0.25) is 0 Å². The Labute approximate surface area is 158 Å². The highest BCUT2D eigenvalue weighted by Gasteiger charge is 2.36. The Kier molecular flexibility index (Phi) is 6.03. The molecule has 0 fully saturated rings. The van der Waals surface area contributed by atoms with Crippen molar-refractivity contribution in [3.8, 4) is 0 Å². The SMILES string of the molecule is CC(C)[C@H](N)C(=O)N(C(=O)OC(C)(C)C)[C@H](C)c1nc2ccccc2s1. The third-order valence-corrected chi connectivity index (χ3v) is 5.09. The third kappa shape index (κ3) is 4.59. The fraction of sp³-hybridized carbons (Fsp3) is 0.526. The van der Waals surface area contributed by atoms with E-state index < -0.39 is 29.7 Å². The molecule has 0 saturated carbocycles. The zero-order valence-electron chi connectivity index (χ0n) is 16.1. The zero-order valence-corrected chi connectivity index (χ0v) is 17.0. The van der Waals surface area contributed by atoms with E-state index in [4.69, 9.17) is 10.5 Å². The Bertz CT molecular complexity index is 762. The van der Waals surface area contributed by atoms with Gasteiger partial charge in [0.25, 0.3) is 0 Å². The summed E-state index contributed by atoms with van der Waals surface area (Å²) in [6.07, 6.45) is -0.703. The molecule has 1 aromatic carbocycles. The fourth-order valence-corrected chi connectivity index (χ4v) is 3.39. The molecule has 142 valence electrons. The van der Waals surface area contributed by atoms with Crippen molar-refractivity contribution in [2.75, 3.05) is 0 Å². The molecule has 0 aliphatic rings. The van der Waals surface area contributed by atoms with Crippen LogP contribution in [0.3, 0.4) is 0 Å². The molecule has 1 heterocycles. The Balaban J connectivity index is 2.40. The van der Waals surface area contributed by atoms with Gasteiger partial charge in [0.05, 0.1) is 22.3 Å². The van der Waals surface area contributed by atoms with Crippen molar-refractivity contribution in [1.29, 1.82) is 0 Å². The molecule has 7 heteroatoms. The summed E-state index contributed by atoms with van der Waals surface area (Å²) < 4.78 is 6.45. The highest BCUT2D eigenvalue weighted by molar-refractivity contribution is 7.18. The van der Waals surface area contributed by atoms with Gasteiger partial charge in [0, 0.05) is 0 Å². The summed E-state index contributed by atoms with van der Waals surface area (Å²) in [7, 11) is 0. The van der Waals surface area contributed by atoms with Crippen LogP contribution in [0, 0.1) is 5.92 Å². The van der Waals surface area contributed by atoms with E-state index >= 15 is 0 Å². The van der Waals surface area contributed by atoms with E-state index in [9.17, 15) is 9.59 Å². The summed E-state index contributed by atoms with van der Waals surface area (Å²) >= 11 is 1.45. The van der Waals surface area contributed by atoms with Gasteiger partial charge in [-0.25, -0.2) is 14.7 Å². The Morgan fingerprint density at radius 3 is 2.35 bits per heavy atom. The van der Waals surface area contributed by atoms with Gasteiger partial charge >= 0.3 is 6.09 Å². The van der Waals surface area contributed by atoms with Crippen LogP contribution in [0.4, 0.5) is 4.79 Å². The molecule has 6 nitrogen and oxygen atoms in total. The maximum Gasteiger partial charge on any atom is 0.417 e. The van der Waals surface area contributed by atoms with Crippen molar-refractivity contribution in [3.05, 3.63) is 29.3 Å². The Morgan fingerprint density at radius 2 is 1.81 bits per heavy atom. The standard InChI is InChI=1S/C19H27N3O3S/c1-11(2)15(20)17(23)22(18(24)25-19(4,5)6)12(3)16-21-13-9-7-8-10-14(13)26-16/h7-12,15H,20H2,1-6H3/t12-,15+/m1/s1. The van der Waals surface area contributed by atoms with Crippen LogP contribution in [0.1, 0.15) is 52.6 Å². The number of carbonyl (C=O) groups excluding carboxylic acids is 2. The number of aromatic nitrogens is 1. The minimum Gasteiger partial charge on any atom is -0.443 e. The molecule has 2 N–H and O–H groups in total. The van der Waals surface area contributed by atoms with Gasteiger partial charge in [-0.15, -0.1) is 11.3 Å². The minimum atomic E-state index is -0.792. The molecule has 1 aromatic heterocycles. The van der Waals surface area contributed by atoms with Gasteiger partial charge < -0.3 is 10.5 Å². The average molecular weight is 378 g/mol. The number of hydrogen-bond acceptors (Lipinski definition) is 6. The van der Waals surface area contributed by atoms with Crippen LogP contribution in [0.25, 0.3) is 10.2 Å². The topological polar surface area (TPSA) is 85.5 Å². The molecule has 0 unspecified atom stereocenters. The minimum absolute atomic E-state index is 0.102. The molecule has 0 spiro atoms. The number of nitrogens with zero attached hydrogens (tertiary/aromatic N) is 2. The van der Waals surface area contributed by atoms with E-state index in [1.807, 2.05) is 38.1 Å². The summed E-state index contributed by atoms with van der Waals surface area (Å²) in [5, 5.41) is 0.668. The molecule has 0 aliphatic heterocycles. The summed E-state index contributed by atoms with van der Waals surface area (Å²) in [6, 6.07) is 6.34. The van der Waals surface area contributed by atoms with Crippen molar-refractivity contribution >= 4 is 33.6 Å². The van der Waals surface area contributed by atoms with Gasteiger partial charge in [0.15, 0.2) is 0 Å². The number of hydrogen-bond donors (Lipinski definition) is 1. The second kappa shape index (κ2) is 7.72. The molecule has 2 atom stereocenters. The molecule has 2 amide bonds. The molecule has 0 saturated heterocycles. The highest BCUT2D eigenvalue weighted by atomic mass is 32.1. The van der Waals surface area contributed by atoms with Crippen molar-refractivity contribution in [2.24, 2.45) is 11.7 Å². The predicted octanol–water partition coefficient (Wildman–Crippen LogP) is 4.10. The van der Waals surface area contributed by atoms with Gasteiger partial charge in [0.2, 0.25) is 5.91 Å². The molecule has 0 bridgehead atoms. The Hall–Kier alpha value is -1.99. The summed E-state index contributed by atoms with van der Waals surface area (Å²) in [4.78, 5) is 31.4. The van der Waals surface area contributed by atoms with Crippen molar-refractivity contribution in [1.82, 2.24) is 9.88 Å². The number of para-hydroxylation sites is 1. The lowest BCUT2D eigenvalue weighted by Gasteiger charge is -2.31. The first-order chi connectivity index (χ1) is 12.0. The first kappa shape index (κ1) is 20.3. The molecular weight excluding hydrogens is 350 g/mol. The van der Waals surface area contributed by atoms with Crippen molar-refractivity contribution in [3.63, 3.8) is 0 Å². The maximum atomic E-state index is 12.9. The van der Waals surface area contributed by atoms with E-state index in [1.165, 1.54) is 11.3 Å².